The van der Waals surface area contributed by atoms with Crippen LogP contribution in [0.5, 0.6) is 5.75 Å². The molecule has 114 valence electrons. The molecule has 2 aromatic carbocycles. The maximum absolute atomic E-state index is 11.8. The zero-order valence-electron chi connectivity index (χ0n) is 11.7. The molecular formula is C15H13ClN2O4. The van der Waals surface area contributed by atoms with E-state index in [1.54, 1.807) is 24.3 Å². The van der Waals surface area contributed by atoms with Gasteiger partial charge in [-0.3, -0.25) is 14.9 Å². The summed E-state index contributed by atoms with van der Waals surface area (Å²) < 4.78 is 5.24. The van der Waals surface area contributed by atoms with Crippen LogP contribution in [0.4, 0.5) is 11.4 Å². The summed E-state index contributed by atoms with van der Waals surface area (Å²) in [5, 5.41) is 13.8. The van der Waals surface area contributed by atoms with Gasteiger partial charge in [0.25, 0.3) is 11.6 Å². The predicted molar refractivity (Wildman–Crippen MR) is 83.4 cm³/mol. The number of nitrogens with zero attached hydrogens (tertiary/aromatic N) is 1. The van der Waals surface area contributed by atoms with Gasteiger partial charge in [0, 0.05) is 16.8 Å². The third-order valence-corrected chi connectivity index (χ3v) is 3.26. The van der Waals surface area contributed by atoms with E-state index < -0.39 is 4.92 Å². The van der Waals surface area contributed by atoms with Crippen molar-refractivity contribution in [3.8, 4) is 5.75 Å². The summed E-state index contributed by atoms with van der Waals surface area (Å²) in [6.45, 7) is 1.60. The van der Waals surface area contributed by atoms with Gasteiger partial charge in [0.05, 0.1) is 11.0 Å². The van der Waals surface area contributed by atoms with E-state index in [9.17, 15) is 14.9 Å². The minimum Gasteiger partial charge on any atom is -0.484 e. The number of non-ortho nitro benzene ring substituents is 1. The SMILES string of the molecule is Cc1ccc(NC(=O)COc2cccc([N+](=O)[O-])c2)cc1Cl. The van der Waals surface area contributed by atoms with Gasteiger partial charge in [-0.1, -0.05) is 23.7 Å². The quantitative estimate of drug-likeness (QED) is 0.674. The molecule has 0 fully saturated rings. The number of nitro benzene ring substituents is 1. The lowest BCUT2D eigenvalue weighted by Crippen LogP contribution is -2.20. The summed E-state index contributed by atoms with van der Waals surface area (Å²) in [7, 11) is 0. The van der Waals surface area contributed by atoms with Crippen LogP contribution in [0.25, 0.3) is 0 Å². The Morgan fingerprint density at radius 3 is 2.77 bits per heavy atom. The summed E-state index contributed by atoms with van der Waals surface area (Å²) >= 11 is 5.97. The molecule has 0 aromatic heterocycles. The number of benzene rings is 2. The Kier molecular flexibility index (Phi) is 4.95. The molecule has 0 aliphatic rings. The fraction of sp³-hybridized carbons (Fsp3) is 0.133. The van der Waals surface area contributed by atoms with Gasteiger partial charge in [-0.2, -0.15) is 0 Å². The van der Waals surface area contributed by atoms with Crippen LogP contribution in [0.2, 0.25) is 5.02 Å². The largest absolute Gasteiger partial charge is 0.484 e. The zero-order valence-corrected chi connectivity index (χ0v) is 12.5. The average molecular weight is 321 g/mol. The Balaban J connectivity index is 1.94. The first kappa shape index (κ1) is 15.8. The van der Waals surface area contributed by atoms with Crippen molar-refractivity contribution in [2.45, 2.75) is 6.92 Å². The molecule has 0 bridgehead atoms. The van der Waals surface area contributed by atoms with Crippen LogP contribution in [0, 0.1) is 17.0 Å². The minimum absolute atomic E-state index is 0.0942. The molecule has 6 nitrogen and oxygen atoms in total. The lowest BCUT2D eigenvalue weighted by atomic mass is 10.2. The molecule has 7 heteroatoms. The van der Waals surface area contributed by atoms with Crippen LogP contribution < -0.4 is 10.1 Å². The van der Waals surface area contributed by atoms with Crippen LogP contribution in [-0.4, -0.2) is 17.4 Å². The van der Waals surface area contributed by atoms with Crippen LogP contribution in [0.3, 0.4) is 0 Å². The van der Waals surface area contributed by atoms with Crippen molar-refractivity contribution in [1.29, 1.82) is 0 Å². The first-order valence-corrected chi connectivity index (χ1v) is 6.77. The highest BCUT2D eigenvalue weighted by atomic mass is 35.5. The molecule has 0 saturated heterocycles. The van der Waals surface area contributed by atoms with E-state index in [2.05, 4.69) is 5.32 Å². The van der Waals surface area contributed by atoms with Crippen molar-refractivity contribution in [3.05, 3.63) is 63.2 Å². The minimum atomic E-state index is -0.527. The van der Waals surface area contributed by atoms with Gasteiger partial charge < -0.3 is 10.1 Å². The molecule has 0 saturated carbocycles. The van der Waals surface area contributed by atoms with E-state index in [1.807, 2.05) is 6.92 Å². The number of nitrogens with one attached hydrogen (secondary N) is 1. The third kappa shape index (κ3) is 4.20. The predicted octanol–water partition coefficient (Wildman–Crippen LogP) is 3.57. The maximum atomic E-state index is 11.8. The Morgan fingerprint density at radius 2 is 2.09 bits per heavy atom. The van der Waals surface area contributed by atoms with E-state index >= 15 is 0 Å². The van der Waals surface area contributed by atoms with Crippen molar-refractivity contribution < 1.29 is 14.5 Å². The molecular weight excluding hydrogens is 308 g/mol. The number of ether oxygens (including phenoxy) is 1. The van der Waals surface area contributed by atoms with E-state index in [-0.39, 0.29) is 24.0 Å². The Hall–Kier alpha value is -2.60. The highest BCUT2D eigenvalue weighted by Crippen LogP contribution is 2.21. The number of aryl methyl sites for hydroxylation is 1. The van der Waals surface area contributed by atoms with Crippen molar-refractivity contribution in [3.63, 3.8) is 0 Å². The van der Waals surface area contributed by atoms with Crippen molar-refractivity contribution in [2.75, 3.05) is 11.9 Å². The van der Waals surface area contributed by atoms with Gasteiger partial charge in [-0.15, -0.1) is 0 Å². The van der Waals surface area contributed by atoms with Gasteiger partial charge in [0.1, 0.15) is 5.75 Å². The number of hydrogen-bond acceptors (Lipinski definition) is 4. The fourth-order valence-electron chi connectivity index (χ4n) is 1.70. The standard InChI is InChI=1S/C15H13ClN2O4/c1-10-5-6-11(7-14(10)16)17-15(19)9-22-13-4-2-3-12(8-13)18(20)21/h2-8H,9H2,1H3,(H,17,19). The highest BCUT2D eigenvalue weighted by molar-refractivity contribution is 6.31. The molecule has 0 aliphatic heterocycles. The maximum Gasteiger partial charge on any atom is 0.273 e. The summed E-state index contributed by atoms with van der Waals surface area (Å²) in [4.78, 5) is 21.9. The van der Waals surface area contributed by atoms with E-state index in [0.29, 0.717) is 10.7 Å². The Morgan fingerprint density at radius 1 is 1.32 bits per heavy atom. The molecule has 1 N–H and O–H groups in total. The second-order valence-corrected chi connectivity index (χ2v) is 4.96. The summed E-state index contributed by atoms with van der Waals surface area (Å²) in [5.41, 5.74) is 1.37. The van der Waals surface area contributed by atoms with Gasteiger partial charge >= 0.3 is 0 Å². The molecule has 0 spiro atoms. The molecule has 0 aliphatic carbocycles. The van der Waals surface area contributed by atoms with Gasteiger partial charge in [0.15, 0.2) is 6.61 Å². The van der Waals surface area contributed by atoms with Crippen LogP contribution in [0.15, 0.2) is 42.5 Å². The van der Waals surface area contributed by atoms with E-state index in [1.165, 1.54) is 18.2 Å². The van der Waals surface area contributed by atoms with Gasteiger partial charge in [-0.25, -0.2) is 0 Å². The molecule has 0 heterocycles. The second kappa shape index (κ2) is 6.91. The number of carbonyl (C=O) groups is 1. The van der Waals surface area contributed by atoms with Gasteiger partial charge in [-0.05, 0) is 30.7 Å². The summed E-state index contributed by atoms with van der Waals surface area (Å²) in [5.74, 6) is -0.127. The molecule has 22 heavy (non-hydrogen) atoms. The van der Waals surface area contributed by atoms with E-state index in [4.69, 9.17) is 16.3 Å². The Labute approximate surface area is 131 Å². The van der Waals surface area contributed by atoms with Crippen LogP contribution in [-0.2, 0) is 4.79 Å². The summed E-state index contributed by atoms with van der Waals surface area (Å²) in [6.07, 6.45) is 0. The number of anilines is 1. The zero-order chi connectivity index (χ0) is 16.1. The summed E-state index contributed by atoms with van der Waals surface area (Å²) in [6, 6.07) is 10.8. The third-order valence-electron chi connectivity index (χ3n) is 2.85. The first-order chi connectivity index (χ1) is 10.5. The van der Waals surface area contributed by atoms with Crippen LogP contribution >= 0.6 is 11.6 Å². The first-order valence-electron chi connectivity index (χ1n) is 6.39. The number of carbonyl (C=O) groups excluding carboxylic acids is 1. The lowest BCUT2D eigenvalue weighted by molar-refractivity contribution is -0.384. The van der Waals surface area contributed by atoms with Crippen molar-refractivity contribution in [2.24, 2.45) is 0 Å². The van der Waals surface area contributed by atoms with Crippen molar-refractivity contribution >= 4 is 28.9 Å². The number of halogens is 1. The molecule has 0 radical (unpaired) electrons. The average Bonchev–Trinajstić information content (AvgIpc) is 2.49. The molecule has 0 atom stereocenters. The normalized spacial score (nSPS) is 10.1. The van der Waals surface area contributed by atoms with E-state index in [0.717, 1.165) is 5.56 Å². The molecule has 0 unspecified atom stereocenters. The number of hydrogen-bond donors (Lipinski definition) is 1. The molecule has 1 amide bonds. The number of rotatable bonds is 5. The molecule has 2 aromatic rings. The second-order valence-electron chi connectivity index (χ2n) is 4.56. The topological polar surface area (TPSA) is 81.5 Å². The number of nitro groups is 1. The van der Waals surface area contributed by atoms with Gasteiger partial charge in [0.2, 0.25) is 0 Å². The Bertz CT molecular complexity index is 718. The van der Waals surface area contributed by atoms with Crippen LogP contribution in [0.1, 0.15) is 5.56 Å². The van der Waals surface area contributed by atoms with Crippen molar-refractivity contribution in [1.82, 2.24) is 0 Å². The molecule has 2 rings (SSSR count). The smallest absolute Gasteiger partial charge is 0.273 e. The monoisotopic (exact) mass is 320 g/mol. The highest BCUT2D eigenvalue weighted by Gasteiger charge is 2.09. The number of amides is 1. The fourth-order valence-corrected chi connectivity index (χ4v) is 1.88. The lowest BCUT2D eigenvalue weighted by Gasteiger charge is -2.08.